The zero-order valence-electron chi connectivity index (χ0n) is 33.1. The van der Waals surface area contributed by atoms with E-state index >= 15 is 0 Å². The predicted molar refractivity (Wildman–Crippen MR) is 209 cm³/mol. The Balaban J connectivity index is 1.18. The molecule has 2 bridgehead atoms. The van der Waals surface area contributed by atoms with Gasteiger partial charge in [-0.25, -0.2) is 0 Å². The summed E-state index contributed by atoms with van der Waals surface area (Å²) in [4.78, 5) is 31.1. The maximum Gasteiger partial charge on any atom is 0.416 e. The Morgan fingerprint density at radius 3 is 2.25 bits per heavy atom. The second-order valence-electron chi connectivity index (χ2n) is 17.8. The zero-order valence-corrected chi connectivity index (χ0v) is 33.1. The van der Waals surface area contributed by atoms with Crippen LogP contribution in [0.5, 0.6) is 11.5 Å². The number of aliphatic hydroxyl groups excluding tert-OH is 1. The average molecular weight is 784 g/mol. The van der Waals surface area contributed by atoms with Gasteiger partial charge in [-0.2, -0.15) is 13.2 Å². The second kappa shape index (κ2) is 13.9. The van der Waals surface area contributed by atoms with Gasteiger partial charge in [0.05, 0.1) is 44.5 Å². The highest BCUT2D eigenvalue weighted by Gasteiger charge is 2.74. The molecular weight excluding hydrogens is 732 g/mol. The number of nitrogens with zero attached hydrogens (tertiary/aromatic N) is 1. The van der Waals surface area contributed by atoms with Gasteiger partial charge < -0.3 is 24.6 Å². The Morgan fingerprint density at radius 1 is 0.825 bits per heavy atom. The number of carbonyl (C=O) groups excluding carboxylic acids is 2. The minimum absolute atomic E-state index is 0.0186. The van der Waals surface area contributed by atoms with Crippen molar-refractivity contribution in [1.82, 2.24) is 4.90 Å². The molecule has 3 saturated carbocycles. The molecular formula is C47H52F3NO6. The standard InChI is InChI=1S/C47H52F3NO6/c1-42-18-15-34(52)26-44(42)21-22-46(35(27-44)41(54)32-11-8-12-33(25-32)47(48,49)50)38(42)16-19-43(2)39(46)17-20-45(43,55)29-51(28-30-9-6-5-7-10-30)40(53)24-31-13-14-36(56-3)37(23-31)57-4/h5-14,21-23,25,27,34,38-39,52,55H,15-20,24,26,28-29H2,1-4H3/t34?,38-,39-,42-,43+,44+,45-,46-/m1/s1. The van der Waals surface area contributed by atoms with Crippen molar-refractivity contribution < 1.29 is 42.4 Å². The quantitative estimate of drug-likeness (QED) is 0.158. The monoisotopic (exact) mass is 783 g/mol. The second-order valence-corrected chi connectivity index (χ2v) is 17.8. The molecule has 0 saturated heterocycles. The SMILES string of the molecule is COc1ccc(CC(=O)N(Cc2ccccc2)C[C@]2(O)CC[C@H]3[C@]45C=C[C@@]6(C=C4C(=O)c4cccc(C(F)(F)F)c4)CC(O)CC[C@]6(C)[C@H]5CC[C@@]32C)cc1OC. The van der Waals surface area contributed by atoms with Gasteiger partial charge in [-0.15, -0.1) is 0 Å². The summed E-state index contributed by atoms with van der Waals surface area (Å²) in [5, 5.41) is 24.2. The summed E-state index contributed by atoms with van der Waals surface area (Å²) in [7, 11) is 3.10. The van der Waals surface area contributed by atoms with Crippen LogP contribution in [-0.2, 0) is 23.9 Å². The van der Waals surface area contributed by atoms with E-state index in [2.05, 4.69) is 26.0 Å². The van der Waals surface area contributed by atoms with Crippen LogP contribution in [0.3, 0.4) is 0 Å². The van der Waals surface area contributed by atoms with Gasteiger partial charge in [0.2, 0.25) is 5.91 Å². The number of fused-ring (bicyclic) bond motifs is 1. The van der Waals surface area contributed by atoms with Crippen molar-refractivity contribution in [3.8, 4) is 11.5 Å². The van der Waals surface area contributed by atoms with Gasteiger partial charge in [0.25, 0.3) is 0 Å². The van der Waals surface area contributed by atoms with E-state index < -0.39 is 45.5 Å². The lowest BCUT2D eigenvalue weighted by atomic mass is 9.32. The van der Waals surface area contributed by atoms with Crippen LogP contribution in [0.2, 0.25) is 0 Å². The molecule has 10 heteroatoms. The number of Topliss-reactive ketones (excluding diaryl/α,β-unsaturated/α-hetero) is 1. The molecule has 57 heavy (non-hydrogen) atoms. The number of ether oxygens (including phenoxy) is 2. The smallest absolute Gasteiger partial charge is 0.416 e. The summed E-state index contributed by atoms with van der Waals surface area (Å²) in [6.07, 6.45) is 5.32. The van der Waals surface area contributed by atoms with Gasteiger partial charge in [-0.05, 0) is 97.6 Å². The van der Waals surface area contributed by atoms with Gasteiger partial charge >= 0.3 is 6.18 Å². The van der Waals surface area contributed by atoms with Crippen molar-refractivity contribution >= 4 is 11.7 Å². The van der Waals surface area contributed by atoms with Crippen molar-refractivity contribution in [3.05, 3.63) is 119 Å². The summed E-state index contributed by atoms with van der Waals surface area (Å²) < 4.78 is 52.8. The molecule has 0 heterocycles. The zero-order chi connectivity index (χ0) is 40.6. The molecule has 302 valence electrons. The molecule has 8 atom stereocenters. The Labute approximate surface area is 332 Å². The number of hydrogen-bond donors (Lipinski definition) is 2. The van der Waals surface area contributed by atoms with Gasteiger partial charge in [0, 0.05) is 33.9 Å². The van der Waals surface area contributed by atoms with Gasteiger partial charge in [0.1, 0.15) is 0 Å². The number of carbonyl (C=O) groups is 2. The maximum atomic E-state index is 14.9. The Kier molecular flexibility index (Phi) is 9.59. The highest BCUT2D eigenvalue weighted by molar-refractivity contribution is 6.10. The average Bonchev–Trinajstić information content (AvgIpc) is 3.47. The number of rotatable bonds is 10. The van der Waals surface area contributed by atoms with Crippen LogP contribution in [-0.4, -0.2) is 59.3 Å². The van der Waals surface area contributed by atoms with Crippen molar-refractivity contribution in [2.24, 2.45) is 33.5 Å². The number of benzene rings is 3. The highest BCUT2D eigenvalue weighted by Crippen LogP contribution is 2.78. The molecule has 3 fully saturated rings. The molecule has 1 unspecified atom stereocenters. The van der Waals surface area contributed by atoms with Crippen molar-refractivity contribution in [3.63, 3.8) is 0 Å². The number of alkyl halides is 3. The minimum atomic E-state index is -4.62. The number of hydrogen-bond acceptors (Lipinski definition) is 6. The number of amides is 1. The lowest BCUT2D eigenvalue weighted by molar-refractivity contribution is -0.178. The van der Waals surface area contributed by atoms with E-state index in [0.717, 1.165) is 29.7 Å². The number of allylic oxidation sites excluding steroid dienone is 4. The Morgan fingerprint density at radius 2 is 1.53 bits per heavy atom. The number of aliphatic hydroxyl groups is 2. The van der Waals surface area contributed by atoms with E-state index in [9.17, 15) is 33.0 Å². The Bertz CT molecular complexity index is 2130. The fourth-order valence-corrected chi connectivity index (χ4v) is 12.2. The molecule has 0 aromatic heterocycles. The summed E-state index contributed by atoms with van der Waals surface area (Å²) in [6.45, 7) is 4.71. The normalized spacial score (nSPS) is 33.8. The van der Waals surface area contributed by atoms with E-state index in [1.54, 1.807) is 31.3 Å². The first-order valence-corrected chi connectivity index (χ1v) is 20.1. The van der Waals surface area contributed by atoms with Crippen molar-refractivity contribution in [1.29, 1.82) is 0 Å². The molecule has 6 aliphatic carbocycles. The topological polar surface area (TPSA) is 96.3 Å². The first kappa shape index (κ1) is 39.4. The first-order chi connectivity index (χ1) is 27.0. The van der Waals surface area contributed by atoms with E-state index in [1.165, 1.54) is 12.1 Å². The molecule has 3 aromatic carbocycles. The van der Waals surface area contributed by atoms with E-state index in [1.807, 2.05) is 42.5 Å². The number of ketones is 1. The van der Waals surface area contributed by atoms with Crippen LogP contribution in [0.4, 0.5) is 13.2 Å². The molecule has 7 nitrogen and oxygen atoms in total. The largest absolute Gasteiger partial charge is 0.493 e. The third-order valence-electron chi connectivity index (χ3n) is 15.2. The van der Waals surface area contributed by atoms with Crippen molar-refractivity contribution in [2.75, 3.05) is 20.8 Å². The van der Waals surface area contributed by atoms with E-state index in [-0.39, 0.29) is 48.2 Å². The van der Waals surface area contributed by atoms with Gasteiger partial charge in [-0.3, -0.25) is 9.59 Å². The predicted octanol–water partition coefficient (Wildman–Crippen LogP) is 8.77. The molecule has 9 rings (SSSR count). The molecule has 1 amide bonds. The highest BCUT2D eigenvalue weighted by atomic mass is 19.4. The molecule has 2 N–H and O–H groups in total. The molecule has 3 aromatic rings. The van der Waals surface area contributed by atoms with Crippen LogP contribution in [0.25, 0.3) is 0 Å². The third kappa shape index (κ3) is 6.07. The van der Waals surface area contributed by atoms with Crippen LogP contribution in [0.15, 0.2) is 96.6 Å². The number of methoxy groups -OCH3 is 2. The van der Waals surface area contributed by atoms with Crippen LogP contribution in [0, 0.1) is 33.5 Å². The van der Waals surface area contributed by atoms with E-state index in [0.29, 0.717) is 55.6 Å². The summed E-state index contributed by atoms with van der Waals surface area (Å²) in [5.41, 5.74) is -2.66. The lowest BCUT2D eigenvalue weighted by Gasteiger charge is -2.71. The van der Waals surface area contributed by atoms with Crippen molar-refractivity contribution in [2.45, 2.75) is 89.6 Å². The molecule has 0 radical (unpaired) electrons. The molecule has 0 aliphatic heterocycles. The minimum Gasteiger partial charge on any atom is -0.493 e. The van der Waals surface area contributed by atoms with Gasteiger partial charge in [0.15, 0.2) is 17.3 Å². The maximum absolute atomic E-state index is 14.9. The van der Waals surface area contributed by atoms with Gasteiger partial charge in [-0.1, -0.05) is 80.6 Å². The first-order valence-electron chi connectivity index (χ1n) is 20.1. The summed E-state index contributed by atoms with van der Waals surface area (Å²) in [6, 6.07) is 19.8. The third-order valence-corrected chi connectivity index (χ3v) is 15.2. The van der Waals surface area contributed by atoms with Crippen LogP contribution < -0.4 is 9.47 Å². The van der Waals surface area contributed by atoms with E-state index in [4.69, 9.17) is 9.47 Å². The van der Waals surface area contributed by atoms with Crippen LogP contribution in [0.1, 0.15) is 85.8 Å². The fraction of sp³-hybridized carbons (Fsp3) is 0.489. The number of halogens is 3. The fourth-order valence-electron chi connectivity index (χ4n) is 12.2. The Hall–Kier alpha value is -4.41. The lowest BCUT2D eigenvalue weighted by Crippen LogP contribution is -2.67. The molecule has 2 spiro atoms. The summed E-state index contributed by atoms with van der Waals surface area (Å²) >= 11 is 0. The summed E-state index contributed by atoms with van der Waals surface area (Å²) in [5.74, 6) is 0.190. The van der Waals surface area contributed by atoms with Crippen LogP contribution >= 0.6 is 0 Å². The molecule has 6 aliphatic rings.